The number of amides is 1. The first kappa shape index (κ1) is 17.7. The van der Waals surface area contributed by atoms with Crippen LogP contribution in [0.1, 0.15) is 5.56 Å². The number of carbonyl (C=O) groups excluding carboxylic acids is 1. The topological polar surface area (TPSA) is 75.3 Å². The zero-order valence-electron chi connectivity index (χ0n) is 12.1. The van der Waals surface area contributed by atoms with E-state index >= 15 is 0 Å². The van der Waals surface area contributed by atoms with Gasteiger partial charge in [0.15, 0.2) is 0 Å². The molecule has 0 saturated carbocycles. The van der Waals surface area contributed by atoms with Gasteiger partial charge in [0, 0.05) is 15.7 Å². The second kappa shape index (κ2) is 7.31. The normalized spacial score (nSPS) is 11.3. The maximum Gasteiger partial charge on any atom is 0.241 e. The predicted molar refractivity (Wildman–Crippen MR) is 91.5 cm³/mol. The molecule has 0 unspecified atom stereocenters. The Bertz CT molecular complexity index is 821. The van der Waals surface area contributed by atoms with Gasteiger partial charge >= 0.3 is 0 Å². The predicted octanol–water partition coefficient (Wildman–Crippen LogP) is 3.22. The van der Waals surface area contributed by atoms with E-state index in [4.69, 9.17) is 23.2 Å². The Morgan fingerprint density at radius 1 is 1.04 bits per heavy atom. The van der Waals surface area contributed by atoms with Crippen molar-refractivity contribution in [1.82, 2.24) is 4.72 Å². The SMILES string of the molecule is Cc1ccc(Cl)cc1NC(=O)CNS(=O)(=O)c1ccc(Cl)cc1. The van der Waals surface area contributed by atoms with Gasteiger partial charge < -0.3 is 5.32 Å². The molecule has 0 heterocycles. The Morgan fingerprint density at radius 3 is 2.30 bits per heavy atom. The number of benzene rings is 2. The van der Waals surface area contributed by atoms with E-state index in [9.17, 15) is 13.2 Å². The highest BCUT2D eigenvalue weighted by molar-refractivity contribution is 7.89. The molecule has 5 nitrogen and oxygen atoms in total. The van der Waals surface area contributed by atoms with Gasteiger partial charge in [0.2, 0.25) is 15.9 Å². The minimum atomic E-state index is -3.78. The third kappa shape index (κ3) is 4.94. The van der Waals surface area contributed by atoms with Crippen molar-refractivity contribution in [2.45, 2.75) is 11.8 Å². The number of nitrogens with one attached hydrogen (secondary N) is 2. The molecule has 0 aromatic heterocycles. The van der Waals surface area contributed by atoms with Gasteiger partial charge in [-0.15, -0.1) is 0 Å². The summed E-state index contributed by atoms with van der Waals surface area (Å²) in [5.41, 5.74) is 1.36. The molecule has 2 N–H and O–H groups in total. The molecule has 0 aliphatic carbocycles. The summed E-state index contributed by atoms with van der Waals surface area (Å²) in [4.78, 5) is 11.9. The van der Waals surface area contributed by atoms with E-state index in [-0.39, 0.29) is 4.90 Å². The largest absolute Gasteiger partial charge is 0.325 e. The van der Waals surface area contributed by atoms with Gasteiger partial charge in [-0.25, -0.2) is 13.1 Å². The lowest BCUT2D eigenvalue weighted by molar-refractivity contribution is -0.115. The molecule has 0 atom stereocenters. The van der Waals surface area contributed by atoms with Gasteiger partial charge in [-0.3, -0.25) is 4.79 Å². The molecule has 23 heavy (non-hydrogen) atoms. The molecule has 0 aliphatic rings. The fraction of sp³-hybridized carbons (Fsp3) is 0.133. The van der Waals surface area contributed by atoms with Crippen LogP contribution in [0.15, 0.2) is 47.4 Å². The molecule has 0 bridgehead atoms. The number of aryl methyl sites for hydroxylation is 1. The Balaban J connectivity index is 2.01. The van der Waals surface area contributed by atoms with E-state index in [1.165, 1.54) is 24.3 Å². The minimum absolute atomic E-state index is 0.0358. The van der Waals surface area contributed by atoms with Crippen molar-refractivity contribution in [1.29, 1.82) is 0 Å². The van der Waals surface area contributed by atoms with Crippen LogP contribution in [-0.2, 0) is 14.8 Å². The number of hydrogen-bond donors (Lipinski definition) is 2. The fourth-order valence-corrected chi connectivity index (χ4v) is 3.06. The first-order valence-corrected chi connectivity index (χ1v) is 8.83. The molecule has 2 aromatic carbocycles. The Kier molecular flexibility index (Phi) is 5.64. The van der Waals surface area contributed by atoms with Crippen LogP contribution in [0.3, 0.4) is 0 Å². The van der Waals surface area contributed by atoms with Crippen LogP contribution in [0.5, 0.6) is 0 Å². The highest BCUT2D eigenvalue weighted by Gasteiger charge is 2.15. The minimum Gasteiger partial charge on any atom is -0.325 e. The van der Waals surface area contributed by atoms with Crippen molar-refractivity contribution in [2.24, 2.45) is 0 Å². The van der Waals surface area contributed by atoms with Crippen molar-refractivity contribution in [3.05, 3.63) is 58.1 Å². The number of rotatable bonds is 5. The van der Waals surface area contributed by atoms with Crippen LogP contribution in [0, 0.1) is 6.92 Å². The summed E-state index contributed by atoms with van der Waals surface area (Å²) in [6.07, 6.45) is 0. The van der Waals surface area contributed by atoms with Crippen LogP contribution in [0.25, 0.3) is 0 Å². The molecule has 0 fully saturated rings. The Morgan fingerprint density at radius 2 is 1.65 bits per heavy atom. The van der Waals surface area contributed by atoms with Crippen LogP contribution >= 0.6 is 23.2 Å². The average molecular weight is 373 g/mol. The lowest BCUT2D eigenvalue weighted by Gasteiger charge is -2.10. The third-order valence-corrected chi connectivity index (χ3v) is 4.92. The number of anilines is 1. The van der Waals surface area contributed by atoms with Gasteiger partial charge in [0.1, 0.15) is 0 Å². The summed E-state index contributed by atoms with van der Waals surface area (Å²) in [5.74, 6) is -0.493. The van der Waals surface area contributed by atoms with Crippen LogP contribution < -0.4 is 10.0 Å². The highest BCUT2D eigenvalue weighted by Crippen LogP contribution is 2.20. The molecule has 8 heteroatoms. The summed E-state index contributed by atoms with van der Waals surface area (Å²) in [5, 5.41) is 3.52. The van der Waals surface area contributed by atoms with Crippen molar-refractivity contribution in [3.63, 3.8) is 0 Å². The van der Waals surface area contributed by atoms with Gasteiger partial charge in [0.05, 0.1) is 11.4 Å². The number of carbonyl (C=O) groups is 1. The second-order valence-corrected chi connectivity index (χ2v) is 7.43. The monoisotopic (exact) mass is 372 g/mol. The first-order chi connectivity index (χ1) is 10.8. The maximum absolute atomic E-state index is 12.1. The smallest absolute Gasteiger partial charge is 0.241 e. The molecular weight excluding hydrogens is 359 g/mol. The van der Waals surface area contributed by atoms with Gasteiger partial charge in [-0.1, -0.05) is 29.3 Å². The number of halogens is 2. The van der Waals surface area contributed by atoms with Crippen LogP contribution in [0.4, 0.5) is 5.69 Å². The summed E-state index contributed by atoms with van der Waals surface area (Å²) in [7, 11) is -3.78. The standard InChI is InChI=1S/C15H14Cl2N2O3S/c1-10-2-3-12(17)8-14(10)19-15(20)9-18-23(21,22)13-6-4-11(16)5-7-13/h2-8,18H,9H2,1H3,(H,19,20). The zero-order valence-corrected chi connectivity index (χ0v) is 14.5. The first-order valence-electron chi connectivity index (χ1n) is 6.59. The fourth-order valence-electron chi connectivity index (χ4n) is 1.78. The summed E-state index contributed by atoms with van der Waals surface area (Å²) in [6.45, 7) is 1.42. The molecule has 122 valence electrons. The molecule has 0 spiro atoms. The van der Waals surface area contributed by atoms with E-state index in [1.807, 2.05) is 6.92 Å². The molecule has 0 saturated heterocycles. The Hall–Kier alpha value is -1.60. The molecule has 2 rings (SSSR count). The molecule has 0 aliphatic heterocycles. The summed E-state index contributed by atoms with van der Waals surface area (Å²) >= 11 is 11.6. The van der Waals surface area contributed by atoms with Gasteiger partial charge in [-0.05, 0) is 48.9 Å². The van der Waals surface area contributed by atoms with E-state index in [2.05, 4.69) is 10.0 Å². The van der Waals surface area contributed by atoms with Gasteiger partial charge in [0.25, 0.3) is 0 Å². The maximum atomic E-state index is 12.1. The van der Waals surface area contributed by atoms with Gasteiger partial charge in [-0.2, -0.15) is 0 Å². The lowest BCUT2D eigenvalue weighted by atomic mass is 10.2. The van der Waals surface area contributed by atoms with Crippen molar-refractivity contribution >= 4 is 44.8 Å². The Labute approximate surface area is 144 Å². The van der Waals surface area contributed by atoms with Crippen molar-refractivity contribution in [2.75, 3.05) is 11.9 Å². The van der Waals surface area contributed by atoms with Crippen molar-refractivity contribution < 1.29 is 13.2 Å². The number of hydrogen-bond acceptors (Lipinski definition) is 3. The van der Waals surface area contributed by atoms with E-state index in [0.717, 1.165) is 5.56 Å². The quantitative estimate of drug-likeness (QED) is 0.845. The van der Waals surface area contributed by atoms with Crippen LogP contribution in [-0.4, -0.2) is 20.9 Å². The summed E-state index contributed by atoms with van der Waals surface area (Å²) < 4.78 is 26.4. The third-order valence-electron chi connectivity index (χ3n) is 3.02. The molecule has 2 aromatic rings. The average Bonchev–Trinajstić information content (AvgIpc) is 2.49. The summed E-state index contributed by atoms with van der Waals surface area (Å²) in [6, 6.07) is 10.7. The van der Waals surface area contributed by atoms with Crippen LogP contribution in [0.2, 0.25) is 10.0 Å². The van der Waals surface area contributed by atoms with Crippen molar-refractivity contribution in [3.8, 4) is 0 Å². The highest BCUT2D eigenvalue weighted by atomic mass is 35.5. The zero-order chi connectivity index (χ0) is 17.0. The molecular formula is C15H14Cl2N2O3S. The molecule has 1 amide bonds. The molecule has 0 radical (unpaired) electrons. The van der Waals surface area contributed by atoms with E-state index in [0.29, 0.717) is 15.7 Å². The van der Waals surface area contributed by atoms with E-state index < -0.39 is 22.5 Å². The van der Waals surface area contributed by atoms with E-state index in [1.54, 1.807) is 18.2 Å². The lowest BCUT2D eigenvalue weighted by Crippen LogP contribution is -2.33. The second-order valence-electron chi connectivity index (χ2n) is 4.79. The number of sulfonamides is 1.